The van der Waals surface area contributed by atoms with Crippen LogP contribution in [0.1, 0.15) is 25.0 Å². The Hall–Kier alpha value is -1.40. The molecule has 0 heterocycles. The van der Waals surface area contributed by atoms with Crippen LogP contribution in [-0.2, 0) is 13.1 Å². The maximum atomic E-state index is 5.12. The summed E-state index contributed by atoms with van der Waals surface area (Å²) in [6.07, 6.45) is 0. The first-order valence-electron chi connectivity index (χ1n) is 6.77. The molecule has 1 rings (SSSR count). The molecule has 4 N–H and O–H groups in total. The van der Waals surface area contributed by atoms with Crippen LogP contribution >= 0.6 is 24.4 Å². The van der Waals surface area contributed by atoms with Crippen molar-refractivity contribution in [1.82, 2.24) is 21.3 Å². The molecule has 0 saturated carbocycles. The molecule has 0 aliphatic heterocycles. The maximum Gasteiger partial charge on any atom is 0.166 e. The predicted molar refractivity (Wildman–Crippen MR) is 92.7 cm³/mol. The number of rotatable bonds is 6. The van der Waals surface area contributed by atoms with E-state index < -0.39 is 0 Å². The second-order valence-corrected chi connectivity index (χ2v) is 5.06. The van der Waals surface area contributed by atoms with Gasteiger partial charge in [-0.1, -0.05) is 24.3 Å². The van der Waals surface area contributed by atoms with Gasteiger partial charge in [-0.05, 0) is 49.4 Å². The van der Waals surface area contributed by atoms with Gasteiger partial charge in [0, 0.05) is 26.2 Å². The highest BCUT2D eigenvalue weighted by atomic mass is 32.1. The summed E-state index contributed by atoms with van der Waals surface area (Å²) in [6.45, 7) is 7.18. The molecule has 4 nitrogen and oxygen atoms in total. The third kappa shape index (κ3) is 6.68. The van der Waals surface area contributed by atoms with Gasteiger partial charge in [-0.3, -0.25) is 0 Å². The first-order chi connectivity index (χ1) is 9.65. The summed E-state index contributed by atoms with van der Waals surface area (Å²) in [5, 5.41) is 13.8. The summed E-state index contributed by atoms with van der Waals surface area (Å²) < 4.78 is 0. The first kappa shape index (κ1) is 16.7. The Morgan fingerprint density at radius 3 is 1.40 bits per heavy atom. The number of hydrogen-bond donors (Lipinski definition) is 4. The van der Waals surface area contributed by atoms with E-state index in [2.05, 4.69) is 45.5 Å². The Morgan fingerprint density at radius 2 is 1.10 bits per heavy atom. The molecule has 0 amide bonds. The van der Waals surface area contributed by atoms with E-state index in [-0.39, 0.29) is 0 Å². The molecule has 0 aromatic heterocycles. The van der Waals surface area contributed by atoms with Gasteiger partial charge in [-0.25, -0.2) is 0 Å². The van der Waals surface area contributed by atoms with E-state index in [4.69, 9.17) is 24.4 Å². The topological polar surface area (TPSA) is 48.1 Å². The van der Waals surface area contributed by atoms with Gasteiger partial charge in [0.25, 0.3) is 0 Å². The highest BCUT2D eigenvalue weighted by Gasteiger charge is 1.98. The molecule has 0 radical (unpaired) electrons. The lowest BCUT2D eigenvalue weighted by Gasteiger charge is -2.10. The lowest BCUT2D eigenvalue weighted by molar-refractivity contribution is 0.844. The Labute approximate surface area is 131 Å². The largest absolute Gasteiger partial charge is 0.363 e. The smallest absolute Gasteiger partial charge is 0.166 e. The van der Waals surface area contributed by atoms with Crippen LogP contribution in [0.5, 0.6) is 0 Å². The van der Waals surface area contributed by atoms with Crippen molar-refractivity contribution in [2.45, 2.75) is 26.9 Å². The zero-order valence-corrected chi connectivity index (χ0v) is 13.6. The molecule has 0 fully saturated rings. The number of nitrogens with one attached hydrogen (secondary N) is 4. The third-order valence-electron chi connectivity index (χ3n) is 2.60. The van der Waals surface area contributed by atoms with Crippen LogP contribution in [0.25, 0.3) is 0 Å². The molecule has 6 heteroatoms. The Kier molecular flexibility index (Phi) is 7.91. The fourth-order valence-electron chi connectivity index (χ4n) is 1.59. The van der Waals surface area contributed by atoms with Gasteiger partial charge in [-0.15, -0.1) is 0 Å². The third-order valence-corrected chi connectivity index (χ3v) is 3.18. The van der Waals surface area contributed by atoms with Gasteiger partial charge in [0.05, 0.1) is 0 Å². The molecule has 0 aliphatic carbocycles. The zero-order chi connectivity index (χ0) is 14.8. The van der Waals surface area contributed by atoms with Crippen LogP contribution in [0.3, 0.4) is 0 Å². The van der Waals surface area contributed by atoms with Crippen LogP contribution < -0.4 is 21.3 Å². The minimum Gasteiger partial charge on any atom is -0.363 e. The molecule has 0 aliphatic rings. The second kappa shape index (κ2) is 9.50. The van der Waals surface area contributed by atoms with Crippen LogP contribution in [0.4, 0.5) is 0 Å². The fourth-order valence-corrected chi connectivity index (χ4v) is 2.02. The molecule has 110 valence electrons. The van der Waals surface area contributed by atoms with Crippen LogP contribution in [-0.4, -0.2) is 23.3 Å². The lowest BCUT2D eigenvalue weighted by atomic mass is 10.1. The molecule has 1 aromatic rings. The van der Waals surface area contributed by atoms with Crippen LogP contribution in [0, 0.1) is 0 Å². The van der Waals surface area contributed by atoms with E-state index in [1.54, 1.807) is 0 Å². The molecular formula is C14H22N4S2. The number of hydrogen-bond acceptors (Lipinski definition) is 2. The molecule has 1 aromatic carbocycles. The van der Waals surface area contributed by atoms with E-state index >= 15 is 0 Å². The van der Waals surface area contributed by atoms with E-state index in [9.17, 15) is 0 Å². The van der Waals surface area contributed by atoms with Crippen LogP contribution in [0.15, 0.2) is 24.3 Å². The zero-order valence-electron chi connectivity index (χ0n) is 12.0. The standard InChI is InChI=1S/C14H22N4S2/c1-3-15-13(19)17-9-11-5-7-12(8-6-11)10-18-14(20)16-4-2/h5-8H,3-4,9-10H2,1-2H3,(H2,15,17,19)(H2,16,18,20). The summed E-state index contributed by atoms with van der Waals surface area (Å²) in [7, 11) is 0. The summed E-state index contributed by atoms with van der Waals surface area (Å²) in [6, 6.07) is 8.37. The monoisotopic (exact) mass is 310 g/mol. The first-order valence-corrected chi connectivity index (χ1v) is 7.58. The molecule has 0 unspecified atom stereocenters. The average molecular weight is 310 g/mol. The minimum atomic E-state index is 0.689. The summed E-state index contributed by atoms with van der Waals surface area (Å²) in [4.78, 5) is 0. The van der Waals surface area contributed by atoms with E-state index in [0.29, 0.717) is 10.2 Å². The van der Waals surface area contributed by atoms with Crippen molar-refractivity contribution in [2.75, 3.05) is 13.1 Å². The van der Waals surface area contributed by atoms with Crippen molar-refractivity contribution >= 4 is 34.7 Å². The SMILES string of the molecule is CCNC(=S)NCc1ccc(CNC(=S)NCC)cc1. The van der Waals surface area contributed by atoms with Gasteiger partial charge in [-0.2, -0.15) is 0 Å². The summed E-state index contributed by atoms with van der Waals surface area (Å²) in [5.74, 6) is 0. The Bertz CT molecular complexity index is 390. The normalized spacial score (nSPS) is 9.70. The minimum absolute atomic E-state index is 0.689. The molecular weight excluding hydrogens is 288 g/mol. The average Bonchev–Trinajstić information content (AvgIpc) is 2.45. The molecule has 0 bridgehead atoms. The Morgan fingerprint density at radius 1 is 0.750 bits per heavy atom. The van der Waals surface area contributed by atoms with Crippen molar-refractivity contribution in [3.05, 3.63) is 35.4 Å². The molecule has 0 saturated heterocycles. The van der Waals surface area contributed by atoms with Gasteiger partial charge in [0.2, 0.25) is 0 Å². The van der Waals surface area contributed by atoms with Crippen molar-refractivity contribution in [3.63, 3.8) is 0 Å². The Balaban J connectivity index is 2.36. The lowest BCUT2D eigenvalue weighted by Crippen LogP contribution is -2.34. The van der Waals surface area contributed by atoms with Crippen LogP contribution in [0.2, 0.25) is 0 Å². The molecule has 0 atom stereocenters. The van der Waals surface area contributed by atoms with Gasteiger partial charge in [0.15, 0.2) is 10.2 Å². The number of thiocarbonyl (C=S) groups is 2. The van der Waals surface area contributed by atoms with E-state index in [0.717, 1.165) is 26.2 Å². The van der Waals surface area contributed by atoms with Crippen molar-refractivity contribution in [3.8, 4) is 0 Å². The fraction of sp³-hybridized carbons (Fsp3) is 0.429. The summed E-state index contributed by atoms with van der Waals surface area (Å²) >= 11 is 10.2. The van der Waals surface area contributed by atoms with E-state index in [1.165, 1.54) is 11.1 Å². The quantitative estimate of drug-likeness (QED) is 0.600. The van der Waals surface area contributed by atoms with E-state index in [1.807, 2.05) is 13.8 Å². The molecule has 0 spiro atoms. The van der Waals surface area contributed by atoms with Crippen molar-refractivity contribution in [1.29, 1.82) is 0 Å². The highest BCUT2D eigenvalue weighted by molar-refractivity contribution is 7.80. The van der Waals surface area contributed by atoms with Gasteiger partial charge >= 0.3 is 0 Å². The van der Waals surface area contributed by atoms with Crippen molar-refractivity contribution in [2.24, 2.45) is 0 Å². The summed E-state index contributed by atoms with van der Waals surface area (Å²) in [5.41, 5.74) is 2.39. The highest BCUT2D eigenvalue weighted by Crippen LogP contribution is 2.04. The maximum absolute atomic E-state index is 5.12. The second-order valence-electron chi connectivity index (χ2n) is 4.24. The molecule has 20 heavy (non-hydrogen) atoms. The van der Waals surface area contributed by atoms with Gasteiger partial charge in [0.1, 0.15) is 0 Å². The predicted octanol–water partition coefficient (Wildman–Crippen LogP) is 1.65. The van der Waals surface area contributed by atoms with Gasteiger partial charge < -0.3 is 21.3 Å². The van der Waals surface area contributed by atoms with Crippen molar-refractivity contribution < 1.29 is 0 Å². The number of benzene rings is 1.